The first-order chi connectivity index (χ1) is 14.4. The zero-order valence-electron chi connectivity index (χ0n) is 19.1. The Bertz CT molecular complexity index is 1010. The largest absolute Gasteiger partial charge is 0.380 e. The van der Waals surface area contributed by atoms with Gasteiger partial charge in [-0.3, -0.25) is 4.79 Å². The number of carbonyl (C=O) groups excluding carboxylic acids is 1. The molecule has 0 saturated heterocycles. The third kappa shape index (κ3) is 8.29. The second-order valence-electron chi connectivity index (χ2n) is 9.47. The Morgan fingerprint density at radius 2 is 1.61 bits per heavy atom. The number of nitrogens with one attached hydrogen (secondary N) is 2. The van der Waals surface area contributed by atoms with Crippen molar-refractivity contribution < 1.29 is 14.1 Å². The van der Waals surface area contributed by atoms with Gasteiger partial charge in [0.1, 0.15) is 17.1 Å². The van der Waals surface area contributed by atoms with E-state index in [1.807, 2.05) is 59.7 Å². The summed E-state index contributed by atoms with van der Waals surface area (Å²) in [6.45, 7) is 11.6. The highest BCUT2D eigenvalue weighted by molar-refractivity contribution is 7.83. The van der Waals surface area contributed by atoms with Crippen LogP contribution in [-0.4, -0.2) is 32.4 Å². The predicted octanol–water partition coefficient (Wildman–Crippen LogP) is 3.58. The second kappa shape index (κ2) is 10.2. The molecule has 0 aliphatic carbocycles. The Morgan fingerprint density at radius 3 is 2.26 bits per heavy atom. The highest BCUT2D eigenvalue weighted by Gasteiger charge is 2.19. The molecule has 5 nitrogen and oxygen atoms in total. The van der Waals surface area contributed by atoms with Crippen LogP contribution < -0.4 is 10.0 Å². The van der Waals surface area contributed by atoms with Crippen molar-refractivity contribution in [2.24, 2.45) is 0 Å². The van der Waals surface area contributed by atoms with Crippen molar-refractivity contribution in [3.63, 3.8) is 0 Å². The monoisotopic (exact) mass is 440 g/mol. The van der Waals surface area contributed by atoms with E-state index in [1.54, 1.807) is 30.3 Å². The number of aliphatic hydroxyl groups is 1. The molecule has 2 unspecified atom stereocenters. The average molecular weight is 441 g/mol. The van der Waals surface area contributed by atoms with Crippen LogP contribution in [0.3, 0.4) is 0 Å². The van der Waals surface area contributed by atoms with Gasteiger partial charge in [0.25, 0.3) is 5.91 Å². The fourth-order valence-corrected chi connectivity index (χ4v) is 4.06. The van der Waals surface area contributed by atoms with Gasteiger partial charge in [-0.1, -0.05) is 42.2 Å². The molecule has 2 aromatic rings. The lowest BCUT2D eigenvalue weighted by atomic mass is 10.0. The second-order valence-corrected chi connectivity index (χ2v) is 10.6. The van der Waals surface area contributed by atoms with Gasteiger partial charge in [-0.25, -0.2) is 8.93 Å². The summed E-state index contributed by atoms with van der Waals surface area (Å²) in [5.41, 5.74) is 1.10. The van der Waals surface area contributed by atoms with Crippen molar-refractivity contribution in [1.29, 1.82) is 0 Å². The number of rotatable bonds is 5. The highest BCUT2D eigenvalue weighted by Crippen LogP contribution is 2.17. The number of hydrogen-bond acceptors (Lipinski definition) is 3. The zero-order chi connectivity index (χ0) is 23.2. The lowest BCUT2D eigenvalue weighted by Crippen LogP contribution is -2.40. The van der Waals surface area contributed by atoms with Crippen LogP contribution in [0.1, 0.15) is 63.0 Å². The van der Waals surface area contributed by atoms with Crippen molar-refractivity contribution in [2.75, 3.05) is 0 Å². The lowest BCUT2D eigenvalue weighted by molar-refractivity contribution is 0.0919. The van der Waals surface area contributed by atoms with Crippen LogP contribution in [-0.2, 0) is 17.4 Å². The SMILES string of the molecule is CC(C)(C)NC(=O)c1ccccc1C#CC(O)Cc1ccccc1S(=O)NC(C)(C)C. The number of amides is 1. The Kier molecular flexibility index (Phi) is 8.19. The van der Waals surface area contributed by atoms with Crippen molar-refractivity contribution >= 4 is 16.9 Å². The molecular weight excluding hydrogens is 408 g/mol. The molecule has 2 rings (SSSR count). The quantitative estimate of drug-likeness (QED) is 0.622. The normalized spacial score (nSPS) is 13.6. The van der Waals surface area contributed by atoms with Gasteiger partial charge in [0, 0.05) is 23.1 Å². The summed E-state index contributed by atoms with van der Waals surface area (Å²) in [5, 5.41) is 13.5. The molecule has 166 valence electrons. The van der Waals surface area contributed by atoms with Crippen LogP contribution in [0.15, 0.2) is 53.4 Å². The molecule has 1 amide bonds. The van der Waals surface area contributed by atoms with Gasteiger partial charge in [0.2, 0.25) is 0 Å². The third-order valence-corrected chi connectivity index (χ3v) is 5.61. The smallest absolute Gasteiger partial charge is 0.252 e. The van der Waals surface area contributed by atoms with E-state index in [9.17, 15) is 14.1 Å². The standard InChI is InChI=1S/C25H32N2O3S/c1-24(2,3)26-23(29)21-13-9-7-11-18(21)15-16-20(28)17-19-12-8-10-14-22(19)31(30)27-25(4,5)6/h7-14,20,27-28H,17H2,1-6H3,(H,26,29). The molecule has 0 heterocycles. The maximum absolute atomic E-state index is 12.7. The topological polar surface area (TPSA) is 78.4 Å². The molecule has 31 heavy (non-hydrogen) atoms. The number of carbonyl (C=O) groups is 1. The maximum atomic E-state index is 12.7. The summed E-state index contributed by atoms with van der Waals surface area (Å²) in [6.07, 6.45) is -0.733. The number of aliphatic hydroxyl groups excluding tert-OH is 1. The van der Waals surface area contributed by atoms with Gasteiger partial charge in [-0.2, -0.15) is 0 Å². The lowest BCUT2D eigenvalue weighted by Gasteiger charge is -2.21. The summed E-state index contributed by atoms with van der Waals surface area (Å²) in [7, 11) is -1.40. The van der Waals surface area contributed by atoms with Crippen molar-refractivity contribution in [3.8, 4) is 11.8 Å². The van der Waals surface area contributed by atoms with Crippen molar-refractivity contribution in [3.05, 3.63) is 65.2 Å². The van der Waals surface area contributed by atoms with Crippen LogP contribution in [0.25, 0.3) is 0 Å². The molecule has 0 fully saturated rings. The first kappa shape index (κ1) is 24.8. The summed E-state index contributed by atoms with van der Waals surface area (Å²) >= 11 is 0. The van der Waals surface area contributed by atoms with Crippen LogP contribution in [0.2, 0.25) is 0 Å². The minimum absolute atomic E-state index is 0.208. The van der Waals surface area contributed by atoms with Gasteiger partial charge in [0.15, 0.2) is 0 Å². The molecule has 2 atom stereocenters. The van der Waals surface area contributed by atoms with E-state index >= 15 is 0 Å². The van der Waals surface area contributed by atoms with Gasteiger partial charge in [0.05, 0.1) is 10.5 Å². The molecule has 0 aliphatic rings. The van der Waals surface area contributed by atoms with Gasteiger partial charge in [-0.15, -0.1) is 0 Å². The fraction of sp³-hybridized carbons (Fsp3) is 0.400. The Labute approximate surface area is 188 Å². The van der Waals surface area contributed by atoms with Crippen molar-refractivity contribution in [1.82, 2.24) is 10.0 Å². The molecule has 0 spiro atoms. The molecule has 0 aliphatic heterocycles. The molecule has 0 aromatic heterocycles. The summed E-state index contributed by atoms with van der Waals surface area (Å²) < 4.78 is 15.8. The molecule has 3 N–H and O–H groups in total. The Morgan fingerprint density at radius 1 is 1.00 bits per heavy atom. The summed E-state index contributed by atoms with van der Waals surface area (Å²) in [4.78, 5) is 13.2. The van der Waals surface area contributed by atoms with Crippen LogP contribution in [0, 0.1) is 11.8 Å². The van der Waals surface area contributed by atoms with Crippen LogP contribution >= 0.6 is 0 Å². The molecule has 0 saturated carbocycles. The van der Waals surface area contributed by atoms with E-state index in [2.05, 4.69) is 21.9 Å². The van der Waals surface area contributed by atoms with Gasteiger partial charge < -0.3 is 10.4 Å². The van der Waals surface area contributed by atoms with E-state index in [4.69, 9.17) is 0 Å². The molecule has 0 radical (unpaired) electrons. The van der Waals surface area contributed by atoms with E-state index in [-0.39, 0.29) is 23.4 Å². The minimum atomic E-state index is -1.40. The van der Waals surface area contributed by atoms with E-state index in [0.29, 0.717) is 16.0 Å². The van der Waals surface area contributed by atoms with E-state index in [1.165, 1.54) is 0 Å². The average Bonchev–Trinajstić information content (AvgIpc) is 2.64. The molecular formula is C25H32N2O3S. The number of hydrogen-bond donors (Lipinski definition) is 3. The first-order valence-electron chi connectivity index (χ1n) is 10.2. The van der Waals surface area contributed by atoms with Gasteiger partial charge >= 0.3 is 0 Å². The van der Waals surface area contributed by atoms with Gasteiger partial charge in [-0.05, 0) is 65.3 Å². The summed E-state index contributed by atoms with van der Waals surface area (Å²) in [5.74, 6) is 5.55. The Balaban J connectivity index is 2.21. The minimum Gasteiger partial charge on any atom is -0.380 e. The zero-order valence-corrected chi connectivity index (χ0v) is 19.9. The molecule has 0 bridgehead atoms. The fourth-order valence-electron chi connectivity index (χ4n) is 2.80. The number of benzene rings is 2. The van der Waals surface area contributed by atoms with Crippen LogP contribution in [0.5, 0.6) is 0 Å². The third-order valence-electron chi connectivity index (χ3n) is 4.02. The van der Waals surface area contributed by atoms with E-state index < -0.39 is 17.1 Å². The van der Waals surface area contributed by atoms with E-state index in [0.717, 1.165) is 5.56 Å². The molecule has 2 aromatic carbocycles. The van der Waals surface area contributed by atoms with Crippen molar-refractivity contribution in [2.45, 2.75) is 70.0 Å². The van der Waals surface area contributed by atoms with Crippen LogP contribution in [0.4, 0.5) is 0 Å². The Hall–Kier alpha value is -2.46. The maximum Gasteiger partial charge on any atom is 0.252 e. The first-order valence-corrected chi connectivity index (χ1v) is 11.4. The summed E-state index contributed by atoms with van der Waals surface area (Å²) in [6, 6.07) is 14.4. The predicted molar refractivity (Wildman–Crippen MR) is 126 cm³/mol. The molecule has 6 heteroatoms. The highest BCUT2D eigenvalue weighted by atomic mass is 32.2.